The first-order valence-electron chi connectivity index (χ1n) is 3.02. The van der Waals surface area contributed by atoms with E-state index >= 15 is 0 Å². The van der Waals surface area contributed by atoms with Crippen LogP contribution in [0.1, 0.15) is 0 Å². The lowest BCUT2D eigenvalue weighted by Gasteiger charge is -2.17. The second kappa shape index (κ2) is 3.46. The van der Waals surface area contributed by atoms with E-state index in [2.05, 4.69) is 6.58 Å². The molecule has 0 fully saturated rings. The van der Waals surface area contributed by atoms with Crippen molar-refractivity contribution in [3.63, 3.8) is 0 Å². The Bertz CT molecular complexity index is 167. The summed E-state index contributed by atoms with van der Waals surface area (Å²) in [7, 11) is 0. The molecule has 1 aliphatic heterocycles. The Morgan fingerprint density at radius 3 is 3.20 bits per heavy atom. The normalized spacial score (nSPS) is 23.2. The Morgan fingerprint density at radius 2 is 2.60 bits per heavy atom. The molecule has 0 aliphatic carbocycles. The number of carbonyl (C=O) groups excluding carboxylic acids is 1. The van der Waals surface area contributed by atoms with Gasteiger partial charge in [0.2, 0.25) is 0 Å². The number of hydrogen-bond donors (Lipinski definition) is 0. The molecule has 0 radical (unpaired) electrons. The highest BCUT2D eigenvalue weighted by atomic mass is 32.2. The minimum atomic E-state index is -0.0296. The van der Waals surface area contributed by atoms with Gasteiger partial charge in [0.1, 0.15) is 5.37 Å². The molecule has 3 heteroatoms. The average Bonchev–Trinajstić information content (AvgIpc) is 2.36. The molecule has 10 heavy (non-hydrogen) atoms. The average molecular weight is 155 g/mol. The predicted molar refractivity (Wildman–Crippen MR) is 43.5 cm³/mol. The number of hydrogen-bond acceptors (Lipinski definition) is 3. The molecule has 0 spiro atoms. The van der Waals surface area contributed by atoms with E-state index in [0.717, 1.165) is 12.8 Å². The van der Waals surface area contributed by atoms with Gasteiger partial charge in [-0.1, -0.05) is 17.8 Å². The molecule has 0 aromatic carbocycles. The zero-order valence-corrected chi connectivity index (χ0v) is 6.38. The summed E-state index contributed by atoms with van der Waals surface area (Å²) in [5.41, 5.74) is 0. The van der Waals surface area contributed by atoms with Crippen molar-refractivity contribution >= 4 is 18.0 Å². The lowest BCUT2D eigenvalue weighted by molar-refractivity contribution is -0.109. The van der Waals surface area contributed by atoms with Gasteiger partial charge in [0.05, 0.1) is 0 Å². The van der Waals surface area contributed by atoms with Crippen LogP contribution in [-0.4, -0.2) is 23.1 Å². The monoisotopic (exact) mass is 155 g/mol. The topological polar surface area (TPSA) is 20.3 Å². The molecule has 0 amide bonds. The van der Waals surface area contributed by atoms with Gasteiger partial charge in [-0.2, -0.15) is 0 Å². The van der Waals surface area contributed by atoms with E-state index in [1.165, 1.54) is 11.8 Å². The first-order chi connectivity index (χ1) is 4.88. The van der Waals surface area contributed by atoms with Crippen LogP contribution in [0.4, 0.5) is 0 Å². The van der Waals surface area contributed by atoms with Crippen LogP contribution in [-0.2, 0) is 4.79 Å². The molecule has 0 saturated heterocycles. The lowest BCUT2D eigenvalue weighted by atomic mass is 10.5. The van der Waals surface area contributed by atoms with Crippen LogP contribution < -0.4 is 0 Å². The molecule has 0 aromatic rings. The number of nitrogens with zero attached hydrogens (tertiary/aromatic N) is 1. The Labute approximate surface area is 64.6 Å². The molecular formula is C7H9NOS. The molecule has 1 unspecified atom stereocenters. The van der Waals surface area contributed by atoms with Gasteiger partial charge in [-0.05, 0) is 5.41 Å². The third-order valence-electron chi connectivity index (χ3n) is 1.25. The molecule has 1 atom stereocenters. The largest absolute Gasteiger partial charge is 0.355 e. The van der Waals surface area contributed by atoms with Crippen molar-refractivity contribution in [3.05, 3.63) is 24.3 Å². The number of carbonyl (C=O) groups is 1. The van der Waals surface area contributed by atoms with Crippen molar-refractivity contribution in [1.82, 2.24) is 4.90 Å². The van der Waals surface area contributed by atoms with Gasteiger partial charge in [0, 0.05) is 12.7 Å². The zero-order valence-electron chi connectivity index (χ0n) is 5.56. The molecule has 1 heterocycles. The number of rotatable bonds is 3. The second-order valence-corrected chi connectivity index (χ2v) is 2.96. The van der Waals surface area contributed by atoms with Gasteiger partial charge in [-0.3, -0.25) is 0 Å². The summed E-state index contributed by atoms with van der Waals surface area (Å²) >= 11 is 1.52. The van der Waals surface area contributed by atoms with Crippen molar-refractivity contribution in [2.75, 3.05) is 6.54 Å². The first kappa shape index (κ1) is 7.41. The summed E-state index contributed by atoms with van der Waals surface area (Å²) in [4.78, 5) is 12.3. The van der Waals surface area contributed by atoms with Crippen LogP contribution in [0.25, 0.3) is 0 Å². The second-order valence-electron chi connectivity index (χ2n) is 1.93. The fourth-order valence-corrected chi connectivity index (χ4v) is 1.55. The van der Waals surface area contributed by atoms with E-state index in [1.807, 2.05) is 16.5 Å². The molecule has 2 nitrogen and oxygen atoms in total. The molecule has 0 aromatic heterocycles. The van der Waals surface area contributed by atoms with E-state index in [0.29, 0.717) is 0 Å². The highest BCUT2D eigenvalue weighted by Gasteiger charge is 2.16. The van der Waals surface area contributed by atoms with Crippen LogP contribution in [0.15, 0.2) is 24.3 Å². The molecule has 1 rings (SSSR count). The molecule has 0 bridgehead atoms. The van der Waals surface area contributed by atoms with E-state index in [-0.39, 0.29) is 5.37 Å². The highest BCUT2D eigenvalue weighted by molar-refractivity contribution is 8.03. The third-order valence-corrected chi connectivity index (χ3v) is 2.19. The van der Waals surface area contributed by atoms with Gasteiger partial charge in [0.25, 0.3) is 0 Å². The van der Waals surface area contributed by atoms with E-state index in [4.69, 9.17) is 0 Å². The first-order valence-corrected chi connectivity index (χ1v) is 3.97. The van der Waals surface area contributed by atoms with Crippen molar-refractivity contribution in [2.45, 2.75) is 5.37 Å². The minimum absolute atomic E-state index is 0.0296. The van der Waals surface area contributed by atoms with Crippen LogP contribution in [0, 0.1) is 0 Å². The summed E-state index contributed by atoms with van der Waals surface area (Å²) in [5.74, 6) is 0. The quantitative estimate of drug-likeness (QED) is 0.451. The molecule has 0 N–H and O–H groups in total. The Hall–Kier alpha value is -0.700. The Kier molecular flexibility index (Phi) is 2.57. The van der Waals surface area contributed by atoms with Gasteiger partial charge in [-0.15, -0.1) is 6.58 Å². The molecule has 54 valence electrons. The number of aldehydes is 1. The molecule has 1 aliphatic rings. The maximum atomic E-state index is 10.4. The summed E-state index contributed by atoms with van der Waals surface area (Å²) in [6, 6.07) is 0. The van der Waals surface area contributed by atoms with Crippen LogP contribution in [0.5, 0.6) is 0 Å². The highest BCUT2D eigenvalue weighted by Crippen LogP contribution is 2.22. The van der Waals surface area contributed by atoms with Gasteiger partial charge in [0.15, 0.2) is 6.29 Å². The van der Waals surface area contributed by atoms with Gasteiger partial charge in [-0.25, -0.2) is 0 Å². The lowest BCUT2D eigenvalue weighted by Crippen LogP contribution is -2.25. The van der Waals surface area contributed by atoms with Crippen molar-refractivity contribution in [3.8, 4) is 0 Å². The fraction of sp³-hybridized carbons (Fsp3) is 0.286. The Morgan fingerprint density at radius 1 is 1.80 bits per heavy atom. The number of thioether (sulfide) groups is 1. The van der Waals surface area contributed by atoms with E-state index < -0.39 is 0 Å². The summed E-state index contributed by atoms with van der Waals surface area (Å²) in [6.07, 6.45) is 4.63. The SMILES string of the molecule is C=CCN1C=CSC1C=O. The van der Waals surface area contributed by atoms with Crippen molar-refractivity contribution in [2.24, 2.45) is 0 Å². The van der Waals surface area contributed by atoms with Gasteiger partial charge >= 0.3 is 0 Å². The standard InChI is InChI=1S/C7H9NOS/c1-2-3-8-4-5-10-7(8)6-9/h2,4-7H,1,3H2. The van der Waals surface area contributed by atoms with Crippen molar-refractivity contribution < 1.29 is 4.79 Å². The fourth-order valence-electron chi connectivity index (χ4n) is 0.781. The van der Waals surface area contributed by atoms with E-state index in [1.54, 1.807) is 6.08 Å². The smallest absolute Gasteiger partial charge is 0.153 e. The maximum absolute atomic E-state index is 10.4. The van der Waals surface area contributed by atoms with Gasteiger partial charge < -0.3 is 9.69 Å². The summed E-state index contributed by atoms with van der Waals surface area (Å²) in [5, 5.41) is 1.89. The Balaban J connectivity index is 2.47. The predicted octanol–water partition coefficient (Wildman–Crippen LogP) is 1.22. The molecular weight excluding hydrogens is 146 g/mol. The third kappa shape index (κ3) is 1.42. The van der Waals surface area contributed by atoms with Crippen LogP contribution in [0.3, 0.4) is 0 Å². The summed E-state index contributed by atoms with van der Waals surface area (Å²) in [6.45, 7) is 4.34. The minimum Gasteiger partial charge on any atom is -0.355 e. The summed E-state index contributed by atoms with van der Waals surface area (Å²) < 4.78 is 0. The van der Waals surface area contributed by atoms with Crippen LogP contribution in [0.2, 0.25) is 0 Å². The zero-order chi connectivity index (χ0) is 7.40. The maximum Gasteiger partial charge on any atom is 0.153 e. The molecule has 0 saturated carbocycles. The van der Waals surface area contributed by atoms with E-state index in [9.17, 15) is 4.79 Å². The van der Waals surface area contributed by atoms with Crippen LogP contribution >= 0.6 is 11.8 Å². The van der Waals surface area contributed by atoms with Crippen molar-refractivity contribution in [1.29, 1.82) is 0 Å².